The van der Waals surface area contributed by atoms with Crippen LogP contribution < -0.4 is 0 Å². The number of nitrogens with zero attached hydrogens (tertiary/aromatic N) is 2. The third kappa shape index (κ3) is 7.27. The molecule has 2 rings (SSSR count). The minimum Gasteiger partial charge on any atom is -0.465 e. The van der Waals surface area contributed by atoms with E-state index in [0.717, 1.165) is 36.8 Å². The van der Waals surface area contributed by atoms with E-state index in [9.17, 15) is 25.0 Å². The summed E-state index contributed by atoms with van der Waals surface area (Å²) in [4.78, 5) is 33.4. The molecular weight excluding hydrogens is 388 g/mol. The van der Waals surface area contributed by atoms with Crippen molar-refractivity contribution >= 4 is 17.3 Å². The van der Waals surface area contributed by atoms with Crippen LogP contribution in [0.5, 0.6) is 0 Å². The number of unbranched alkanes of at least 4 members (excludes halogenated alkanes) is 3. The molecule has 0 amide bonds. The highest BCUT2D eigenvalue weighted by Crippen LogP contribution is 2.21. The van der Waals surface area contributed by atoms with Crippen LogP contribution in [0.4, 0.5) is 11.4 Å². The molecule has 0 fully saturated rings. The molecule has 2 aromatic carbocycles. The Hall–Kier alpha value is -3.29. The smallest absolute Gasteiger partial charge is 0.309 e. The van der Waals surface area contributed by atoms with Gasteiger partial charge in [0.25, 0.3) is 11.4 Å². The number of carbonyl (C=O) groups excluding carboxylic acids is 1. The van der Waals surface area contributed by atoms with E-state index in [1.54, 1.807) is 24.3 Å². The van der Waals surface area contributed by atoms with Gasteiger partial charge in [-0.15, -0.1) is 0 Å². The fourth-order valence-electron chi connectivity index (χ4n) is 3.13. The van der Waals surface area contributed by atoms with Crippen LogP contribution in [0.25, 0.3) is 0 Å². The lowest BCUT2D eigenvalue weighted by Crippen LogP contribution is -2.23. The van der Waals surface area contributed by atoms with E-state index in [0.29, 0.717) is 19.4 Å². The first-order valence-corrected chi connectivity index (χ1v) is 10.0. The van der Waals surface area contributed by atoms with E-state index in [1.165, 1.54) is 24.3 Å². The Morgan fingerprint density at radius 2 is 1.30 bits per heavy atom. The third-order valence-corrected chi connectivity index (χ3v) is 4.83. The lowest BCUT2D eigenvalue weighted by molar-refractivity contribution is -0.385. The largest absolute Gasteiger partial charge is 0.465 e. The van der Waals surface area contributed by atoms with Crippen molar-refractivity contribution in [1.29, 1.82) is 0 Å². The molecule has 0 saturated heterocycles. The van der Waals surface area contributed by atoms with Crippen LogP contribution in [-0.2, 0) is 22.4 Å². The van der Waals surface area contributed by atoms with Crippen molar-refractivity contribution in [2.75, 3.05) is 6.61 Å². The zero-order chi connectivity index (χ0) is 21.9. The van der Waals surface area contributed by atoms with Crippen LogP contribution in [0.15, 0.2) is 48.5 Å². The van der Waals surface area contributed by atoms with Crippen LogP contribution in [0.3, 0.4) is 0 Å². The quantitative estimate of drug-likeness (QED) is 0.208. The van der Waals surface area contributed by atoms with Gasteiger partial charge in [0.2, 0.25) is 0 Å². The van der Waals surface area contributed by atoms with E-state index in [2.05, 4.69) is 6.92 Å². The predicted molar refractivity (Wildman–Crippen MR) is 112 cm³/mol. The van der Waals surface area contributed by atoms with Crippen LogP contribution in [0.2, 0.25) is 0 Å². The molecule has 0 bridgehead atoms. The number of esters is 1. The monoisotopic (exact) mass is 414 g/mol. The summed E-state index contributed by atoms with van der Waals surface area (Å²) < 4.78 is 5.46. The average molecular weight is 414 g/mol. The summed E-state index contributed by atoms with van der Waals surface area (Å²) in [6.07, 6.45) is 4.72. The molecule has 30 heavy (non-hydrogen) atoms. The maximum atomic E-state index is 12.7. The maximum absolute atomic E-state index is 12.7. The molecule has 0 N–H and O–H groups in total. The van der Waals surface area contributed by atoms with Gasteiger partial charge in [0.1, 0.15) is 0 Å². The molecular formula is C22H26N2O6. The number of hydrogen-bond donors (Lipinski definition) is 0. The van der Waals surface area contributed by atoms with Gasteiger partial charge >= 0.3 is 5.97 Å². The van der Waals surface area contributed by atoms with Crippen LogP contribution in [0, 0.1) is 26.1 Å². The lowest BCUT2D eigenvalue weighted by Gasteiger charge is -2.16. The van der Waals surface area contributed by atoms with Crippen molar-refractivity contribution < 1.29 is 19.4 Å². The zero-order valence-electron chi connectivity index (χ0n) is 17.0. The molecule has 2 aromatic rings. The topological polar surface area (TPSA) is 113 Å². The molecule has 0 unspecified atom stereocenters. The Morgan fingerprint density at radius 3 is 1.70 bits per heavy atom. The van der Waals surface area contributed by atoms with Crippen molar-refractivity contribution in [2.24, 2.45) is 5.92 Å². The molecule has 0 atom stereocenters. The first-order chi connectivity index (χ1) is 14.4. The number of non-ortho nitro benzene ring substituents is 2. The number of hydrogen-bond acceptors (Lipinski definition) is 6. The summed E-state index contributed by atoms with van der Waals surface area (Å²) in [6, 6.07) is 12.2. The molecule has 0 aliphatic carbocycles. The van der Waals surface area contributed by atoms with Crippen LogP contribution in [0.1, 0.15) is 43.7 Å². The normalized spacial score (nSPS) is 10.7. The minimum absolute atomic E-state index is 0.0100. The summed E-state index contributed by atoms with van der Waals surface area (Å²) in [6.45, 7) is 2.46. The van der Waals surface area contributed by atoms with Crippen molar-refractivity contribution in [1.82, 2.24) is 0 Å². The van der Waals surface area contributed by atoms with Crippen molar-refractivity contribution in [3.05, 3.63) is 79.9 Å². The van der Waals surface area contributed by atoms with Gasteiger partial charge in [-0.1, -0.05) is 50.5 Å². The van der Waals surface area contributed by atoms with Gasteiger partial charge in [0, 0.05) is 24.3 Å². The Balaban J connectivity index is 2.09. The van der Waals surface area contributed by atoms with E-state index in [-0.39, 0.29) is 17.3 Å². The second-order valence-corrected chi connectivity index (χ2v) is 7.18. The second-order valence-electron chi connectivity index (χ2n) is 7.18. The minimum atomic E-state index is -0.487. The van der Waals surface area contributed by atoms with E-state index >= 15 is 0 Å². The van der Waals surface area contributed by atoms with Crippen molar-refractivity contribution in [2.45, 2.75) is 45.4 Å². The zero-order valence-corrected chi connectivity index (χ0v) is 17.0. The van der Waals surface area contributed by atoms with E-state index < -0.39 is 15.8 Å². The van der Waals surface area contributed by atoms with Gasteiger partial charge < -0.3 is 4.74 Å². The average Bonchev–Trinajstić information content (AvgIpc) is 2.73. The third-order valence-electron chi connectivity index (χ3n) is 4.83. The van der Waals surface area contributed by atoms with Crippen LogP contribution >= 0.6 is 0 Å². The summed E-state index contributed by atoms with van der Waals surface area (Å²) in [7, 11) is 0. The van der Waals surface area contributed by atoms with Gasteiger partial charge in [0.05, 0.1) is 22.4 Å². The molecule has 0 aromatic heterocycles. The molecule has 0 saturated carbocycles. The standard InChI is InChI=1S/C22H26N2O6/c1-2-3-4-5-14-30-22(25)19(15-17-6-10-20(11-7-17)23(26)27)16-18-8-12-21(13-9-18)24(28)29/h6-13,19H,2-5,14-16H2,1H3. The highest BCUT2D eigenvalue weighted by atomic mass is 16.6. The van der Waals surface area contributed by atoms with Gasteiger partial charge in [0.15, 0.2) is 0 Å². The molecule has 8 heteroatoms. The number of ether oxygens (including phenoxy) is 1. The highest BCUT2D eigenvalue weighted by Gasteiger charge is 2.22. The van der Waals surface area contributed by atoms with Gasteiger partial charge in [-0.2, -0.15) is 0 Å². The Kier molecular flexibility index (Phi) is 8.93. The molecule has 0 aliphatic rings. The first kappa shape index (κ1) is 23.0. The summed E-state index contributed by atoms with van der Waals surface area (Å²) in [5, 5.41) is 21.7. The Bertz CT molecular complexity index is 789. The molecule has 0 spiro atoms. The Morgan fingerprint density at radius 1 is 0.833 bits per heavy atom. The summed E-state index contributed by atoms with van der Waals surface area (Å²) in [5.41, 5.74) is 1.55. The number of rotatable bonds is 12. The molecule has 160 valence electrons. The van der Waals surface area contributed by atoms with Crippen LogP contribution in [-0.4, -0.2) is 22.4 Å². The molecule has 0 aliphatic heterocycles. The lowest BCUT2D eigenvalue weighted by atomic mass is 9.92. The van der Waals surface area contributed by atoms with Gasteiger partial charge in [-0.3, -0.25) is 25.0 Å². The fraction of sp³-hybridized carbons (Fsp3) is 0.409. The van der Waals surface area contributed by atoms with E-state index in [1.807, 2.05) is 0 Å². The number of nitro groups is 2. The summed E-state index contributed by atoms with van der Waals surface area (Å²) >= 11 is 0. The Labute approximate surface area is 175 Å². The fourth-order valence-corrected chi connectivity index (χ4v) is 3.13. The van der Waals surface area contributed by atoms with Gasteiger partial charge in [-0.25, -0.2) is 0 Å². The number of carbonyl (C=O) groups is 1. The number of nitro benzene ring substituents is 2. The maximum Gasteiger partial charge on any atom is 0.309 e. The molecule has 8 nitrogen and oxygen atoms in total. The molecule has 0 heterocycles. The second kappa shape index (κ2) is 11.6. The number of benzene rings is 2. The van der Waals surface area contributed by atoms with Crippen molar-refractivity contribution in [3.8, 4) is 0 Å². The first-order valence-electron chi connectivity index (χ1n) is 10.0. The van der Waals surface area contributed by atoms with E-state index in [4.69, 9.17) is 4.74 Å². The SMILES string of the molecule is CCCCCCOC(=O)C(Cc1ccc([N+](=O)[O-])cc1)Cc1ccc([N+](=O)[O-])cc1. The van der Waals surface area contributed by atoms with Gasteiger partial charge in [-0.05, 0) is 30.4 Å². The summed E-state index contributed by atoms with van der Waals surface area (Å²) in [5.74, 6) is -0.817. The predicted octanol–water partition coefficient (Wildman–Crippen LogP) is 5.03. The molecule has 0 radical (unpaired) electrons. The van der Waals surface area contributed by atoms with Crippen molar-refractivity contribution in [3.63, 3.8) is 0 Å². The highest BCUT2D eigenvalue weighted by molar-refractivity contribution is 5.73.